The maximum absolute atomic E-state index is 12.0. The number of aromatic carboxylic acids is 1. The van der Waals surface area contributed by atoms with E-state index in [4.69, 9.17) is 5.11 Å². The molecule has 0 saturated carbocycles. The third-order valence-electron chi connectivity index (χ3n) is 2.80. The normalized spacial score (nSPS) is 10.6. The standard InChI is InChI=1S/C13H10Br2N2O3/c1-7-11(15)12(18)17(6-16-7)5-9-3-2-8(13(19)20)4-10(9)14/h2-4,6H,5H2,1H3,(H,19,20). The number of carboxylic acid groups (broad SMARTS) is 1. The molecule has 0 fully saturated rings. The SMILES string of the molecule is Cc1ncn(Cc2ccc(C(=O)O)cc2Br)c(=O)c1Br. The van der Waals surface area contributed by atoms with E-state index in [1.165, 1.54) is 23.0 Å². The molecule has 7 heteroatoms. The second kappa shape index (κ2) is 5.88. The van der Waals surface area contributed by atoms with Gasteiger partial charge in [-0.1, -0.05) is 22.0 Å². The van der Waals surface area contributed by atoms with Crippen molar-refractivity contribution in [1.29, 1.82) is 0 Å². The number of hydrogen-bond acceptors (Lipinski definition) is 3. The summed E-state index contributed by atoms with van der Waals surface area (Å²) in [4.78, 5) is 27.0. The predicted octanol–water partition coefficient (Wildman–Crippen LogP) is 2.82. The summed E-state index contributed by atoms with van der Waals surface area (Å²) < 4.78 is 2.52. The number of benzene rings is 1. The average Bonchev–Trinajstić information content (AvgIpc) is 2.41. The second-order valence-corrected chi connectivity index (χ2v) is 5.84. The van der Waals surface area contributed by atoms with Gasteiger partial charge in [-0.15, -0.1) is 0 Å². The minimum atomic E-state index is -0.992. The molecule has 1 aromatic heterocycles. The summed E-state index contributed by atoms with van der Waals surface area (Å²) in [5, 5.41) is 8.91. The predicted molar refractivity (Wildman–Crippen MR) is 81.1 cm³/mol. The molecule has 0 aliphatic rings. The van der Waals surface area contributed by atoms with Crippen LogP contribution >= 0.6 is 31.9 Å². The highest BCUT2D eigenvalue weighted by atomic mass is 79.9. The van der Waals surface area contributed by atoms with E-state index in [-0.39, 0.29) is 11.1 Å². The van der Waals surface area contributed by atoms with Crippen molar-refractivity contribution >= 4 is 37.8 Å². The first-order valence-electron chi connectivity index (χ1n) is 5.63. The molecular weight excluding hydrogens is 392 g/mol. The van der Waals surface area contributed by atoms with Crippen LogP contribution in [-0.4, -0.2) is 20.6 Å². The van der Waals surface area contributed by atoms with Crippen LogP contribution in [0.5, 0.6) is 0 Å². The molecule has 104 valence electrons. The molecule has 1 N–H and O–H groups in total. The van der Waals surface area contributed by atoms with E-state index in [0.717, 1.165) is 5.56 Å². The van der Waals surface area contributed by atoms with Gasteiger partial charge in [0.05, 0.1) is 24.1 Å². The number of halogens is 2. The number of rotatable bonds is 3. The van der Waals surface area contributed by atoms with E-state index < -0.39 is 5.97 Å². The summed E-state index contributed by atoms with van der Waals surface area (Å²) in [5.41, 5.74) is 1.45. The lowest BCUT2D eigenvalue weighted by molar-refractivity contribution is 0.0697. The van der Waals surface area contributed by atoms with Crippen LogP contribution in [0, 0.1) is 6.92 Å². The molecule has 0 aliphatic heterocycles. The lowest BCUT2D eigenvalue weighted by Gasteiger charge is -2.09. The molecule has 0 radical (unpaired) electrons. The smallest absolute Gasteiger partial charge is 0.335 e. The minimum absolute atomic E-state index is 0.174. The Kier molecular flexibility index (Phi) is 4.39. The fourth-order valence-electron chi connectivity index (χ4n) is 1.65. The number of aromatic nitrogens is 2. The Morgan fingerprint density at radius 3 is 2.70 bits per heavy atom. The van der Waals surface area contributed by atoms with Gasteiger partial charge in [-0.25, -0.2) is 9.78 Å². The first-order valence-corrected chi connectivity index (χ1v) is 7.22. The summed E-state index contributed by atoms with van der Waals surface area (Å²) in [6.45, 7) is 2.05. The number of hydrogen-bond donors (Lipinski definition) is 1. The number of aryl methyl sites for hydroxylation is 1. The van der Waals surface area contributed by atoms with E-state index in [1.54, 1.807) is 13.0 Å². The van der Waals surface area contributed by atoms with Gasteiger partial charge in [0.25, 0.3) is 5.56 Å². The van der Waals surface area contributed by atoms with Crippen LogP contribution < -0.4 is 5.56 Å². The van der Waals surface area contributed by atoms with Crippen molar-refractivity contribution in [1.82, 2.24) is 9.55 Å². The van der Waals surface area contributed by atoms with E-state index >= 15 is 0 Å². The highest BCUT2D eigenvalue weighted by Gasteiger charge is 2.10. The van der Waals surface area contributed by atoms with Crippen molar-refractivity contribution < 1.29 is 9.90 Å². The van der Waals surface area contributed by atoms with Crippen LogP contribution in [-0.2, 0) is 6.54 Å². The summed E-state index contributed by atoms with van der Waals surface area (Å²) in [6, 6.07) is 4.69. The molecule has 2 aromatic rings. The molecule has 0 amide bonds. The van der Waals surface area contributed by atoms with Crippen LogP contribution in [0.3, 0.4) is 0 Å². The van der Waals surface area contributed by atoms with Crippen molar-refractivity contribution in [3.05, 3.63) is 60.6 Å². The molecule has 1 heterocycles. The van der Waals surface area contributed by atoms with Crippen molar-refractivity contribution in [3.8, 4) is 0 Å². The van der Waals surface area contributed by atoms with Crippen LogP contribution in [0.15, 0.2) is 38.3 Å². The molecule has 0 unspecified atom stereocenters. The summed E-state index contributed by atoms with van der Waals surface area (Å²) in [5.74, 6) is -0.992. The van der Waals surface area contributed by atoms with Gasteiger partial charge in [0.2, 0.25) is 0 Å². The topological polar surface area (TPSA) is 72.2 Å². The fraction of sp³-hybridized carbons (Fsp3) is 0.154. The van der Waals surface area contributed by atoms with E-state index in [9.17, 15) is 9.59 Å². The highest BCUT2D eigenvalue weighted by Crippen LogP contribution is 2.19. The summed E-state index contributed by atoms with van der Waals surface area (Å²) in [6.07, 6.45) is 1.47. The van der Waals surface area contributed by atoms with Crippen molar-refractivity contribution in [3.63, 3.8) is 0 Å². The lowest BCUT2D eigenvalue weighted by atomic mass is 10.1. The maximum Gasteiger partial charge on any atom is 0.335 e. The van der Waals surface area contributed by atoms with Gasteiger partial charge < -0.3 is 5.11 Å². The Morgan fingerprint density at radius 1 is 1.40 bits per heavy atom. The van der Waals surface area contributed by atoms with Crippen molar-refractivity contribution in [2.24, 2.45) is 0 Å². The third-order valence-corrected chi connectivity index (χ3v) is 4.45. The molecule has 0 saturated heterocycles. The second-order valence-electron chi connectivity index (χ2n) is 4.19. The zero-order chi connectivity index (χ0) is 14.9. The minimum Gasteiger partial charge on any atom is -0.478 e. The lowest BCUT2D eigenvalue weighted by Crippen LogP contribution is -2.22. The molecule has 0 atom stereocenters. The van der Waals surface area contributed by atoms with Gasteiger partial charge >= 0.3 is 5.97 Å². The van der Waals surface area contributed by atoms with Gasteiger partial charge in [0, 0.05) is 4.47 Å². The first kappa shape index (κ1) is 14.9. The van der Waals surface area contributed by atoms with E-state index in [1.807, 2.05) is 0 Å². The maximum atomic E-state index is 12.0. The molecule has 5 nitrogen and oxygen atoms in total. The van der Waals surface area contributed by atoms with E-state index in [0.29, 0.717) is 21.2 Å². The number of nitrogens with zero attached hydrogens (tertiary/aromatic N) is 2. The van der Waals surface area contributed by atoms with Crippen LogP contribution in [0.4, 0.5) is 0 Å². The first-order chi connectivity index (χ1) is 9.40. The van der Waals surface area contributed by atoms with Gasteiger partial charge in [-0.2, -0.15) is 0 Å². The largest absolute Gasteiger partial charge is 0.478 e. The fourth-order valence-corrected chi connectivity index (χ4v) is 2.49. The van der Waals surface area contributed by atoms with Crippen molar-refractivity contribution in [2.45, 2.75) is 13.5 Å². The monoisotopic (exact) mass is 400 g/mol. The van der Waals surface area contributed by atoms with Gasteiger partial charge in [-0.05, 0) is 40.5 Å². The van der Waals surface area contributed by atoms with Gasteiger partial charge in [0.15, 0.2) is 0 Å². The molecule has 1 aromatic carbocycles. The number of carboxylic acids is 1. The van der Waals surface area contributed by atoms with Crippen molar-refractivity contribution in [2.75, 3.05) is 0 Å². The molecule has 0 bridgehead atoms. The molecule has 20 heavy (non-hydrogen) atoms. The van der Waals surface area contributed by atoms with Gasteiger partial charge in [-0.3, -0.25) is 9.36 Å². The Hall–Kier alpha value is -1.47. The van der Waals surface area contributed by atoms with Crippen LogP contribution in [0.1, 0.15) is 21.6 Å². The Labute approximate surface area is 131 Å². The zero-order valence-corrected chi connectivity index (χ0v) is 13.6. The highest BCUT2D eigenvalue weighted by molar-refractivity contribution is 9.10. The van der Waals surface area contributed by atoms with Crippen LogP contribution in [0.2, 0.25) is 0 Å². The third kappa shape index (κ3) is 2.99. The quantitative estimate of drug-likeness (QED) is 0.858. The number of carbonyl (C=O) groups is 1. The van der Waals surface area contributed by atoms with Gasteiger partial charge in [0.1, 0.15) is 4.47 Å². The molecule has 0 spiro atoms. The molecule has 0 aliphatic carbocycles. The Balaban J connectivity index is 2.38. The summed E-state index contributed by atoms with van der Waals surface area (Å²) in [7, 11) is 0. The Morgan fingerprint density at radius 2 is 2.10 bits per heavy atom. The zero-order valence-electron chi connectivity index (χ0n) is 10.4. The van der Waals surface area contributed by atoms with Crippen LogP contribution in [0.25, 0.3) is 0 Å². The molecular formula is C13H10Br2N2O3. The summed E-state index contributed by atoms with van der Waals surface area (Å²) >= 11 is 6.53. The Bertz CT molecular complexity index is 741. The molecule has 2 rings (SSSR count). The van der Waals surface area contributed by atoms with E-state index in [2.05, 4.69) is 36.8 Å². The average molecular weight is 402 g/mol.